The van der Waals surface area contributed by atoms with Crippen molar-refractivity contribution in [2.75, 3.05) is 0 Å². The summed E-state index contributed by atoms with van der Waals surface area (Å²) in [5.41, 5.74) is 2.28. The van der Waals surface area contributed by atoms with Crippen molar-refractivity contribution >= 4 is 23.2 Å². The molecular formula is C22H28N2O. The Morgan fingerprint density at radius 3 is 2.52 bits per heavy atom. The lowest BCUT2D eigenvalue weighted by Crippen LogP contribution is -2.00. The number of furan rings is 1. The van der Waals surface area contributed by atoms with Gasteiger partial charge < -0.3 is 8.98 Å². The van der Waals surface area contributed by atoms with E-state index >= 15 is 0 Å². The topological polar surface area (TPSA) is 31.0 Å². The largest absolute Gasteiger partial charge is 0.465 e. The molecule has 0 fully saturated rings. The molecule has 0 aliphatic carbocycles. The lowest BCUT2D eigenvalue weighted by atomic mass is 10.1. The van der Waals surface area contributed by atoms with Crippen molar-refractivity contribution in [1.29, 1.82) is 0 Å². The Morgan fingerprint density at radius 2 is 1.72 bits per heavy atom. The second kappa shape index (κ2) is 9.26. The van der Waals surface area contributed by atoms with Crippen molar-refractivity contribution in [3.63, 3.8) is 0 Å². The highest BCUT2D eigenvalue weighted by molar-refractivity contribution is 5.79. The van der Waals surface area contributed by atoms with Crippen LogP contribution in [0.2, 0.25) is 0 Å². The molecule has 0 N–H and O–H groups in total. The molecule has 1 aromatic carbocycles. The maximum atomic E-state index is 5.39. The minimum Gasteiger partial charge on any atom is -0.465 e. The summed E-state index contributed by atoms with van der Waals surface area (Å²) in [6, 6.07) is 12.2. The van der Waals surface area contributed by atoms with E-state index in [0.29, 0.717) is 0 Å². The predicted octanol–water partition coefficient (Wildman–Crippen LogP) is 6.55. The SMILES string of the molecule is CCCCCCCCCn1c(/C=C/c2ccco2)nc2ccccc21. The van der Waals surface area contributed by atoms with Crippen LogP contribution in [0.5, 0.6) is 0 Å². The number of hydrogen-bond acceptors (Lipinski definition) is 2. The molecule has 0 spiro atoms. The fourth-order valence-electron chi connectivity index (χ4n) is 3.23. The lowest BCUT2D eigenvalue weighted by molar-refractivity contribution is 0.553. The van der Waals surface area contributed by atoms with Gasteiger partial charge in [0.2, 0.25) is 0 Å². The Bertz CT molecular complexity index is 784. The van der Waals surface area contributed by atoms with Crippen LogP contribution >= 0.6 is 0 Å². The van der Waals surface area contributed by atoms with E-state index in [1.165, 1.54) is 50.5 Å². The van der Waals surface area contributed by atoms with Crippen LogP contribution in [-0.4, -0.2) is 9.55 Å². The zero-order valence-electron chi connectivity index (χ0n) is 15.2. The number of aryl methyl sites for hydroxylation is 1. The lowest BCUT2D eigenvalue weighted by Gasteiger charge is -2.07. The first-order valence-corrected chi connectivity index (χ1v) is 9.55. The molecule has 2 aromatic heterocycles. The highest BCUT2D eigenvalue weighted by Crippen LogP contribution is 2.19. The van der Waals surface area contributed by atoms with E-state index in [1.807, 2.05) is 24.3 Å². The number of fused-ring (bicyclic) bond motifs is 1. The highest BCUT2D eigenvalue weighted by Gasteiger charge is 2.08. The molecule has 3 nitrogen and oxygen atoms in total. The summed E-state index contributed by atoms with van der Waals surface area (Å²) in [5, 5.41) is 0. The van der Waals surface area contributed by atoms with Gasteiger partial charge in [-0.1, -0.05) is 57.6 Å². The van der Waals surface area contributed by atoms with Gasteiger partial charge in [-0.05, 0) is 42.8 Å². The van der Waals surface area contributed by atoms with Gasteiger partial charge in [-0.25, -0.2) is 4.98 Å². The van der Waals surface area contributed by atoms with Crippen LogP contribution in [0.3, 0.4) is 0 Å². The summed E-state index contributed by atoms with van der Waals surface area (Å²) in [7, 11) is 0. The normalized spacial score (nSPS) is 11.7. The van der Waals surface area contributed by atoms with Crippen LogP contribution in [-0.2, 0) is 6.54 Å². The first kappa shape index (κ1) is 17.5. The van der Waals surface area contributed by atoms with Gasteiger partial charge in [-0.15, -0.1) is 0 Å². The molecule has 0 radical (unpaired) electrons. The standard InChI is InChI=1S/C22H28N2O/c1-2-3-4-5-6-7-10-17-24-21-14-9-8-13-20(21)23-22(24)16-15-19-12-11-18-25-19/h8-9,11-16,18H,2-7,10,17H2,1H3/b16-15+. The molecule has 0 aliphatic heterocycles. The number of para-hydroxylation sites is 2. The zero-order valence-corrected chi connectivity index (χ0v) is 15.2. The fourth-order valence-corrected chi connectivity index (χ4v) is 3.23. The molecule has 0 saturated carbocycles. The molecule has 0 unspecified atom stereocenters. The van der Waals surface area contributed by atoms with E-state index < -0.39 is 0 Å². The Labute approximate surface area is 150 Å². The molecule has 0 bridgehead atoms. The van der Waals surface area contributed by atoms with Crippen molar-refractivity contribution in [2.24, 2.45) is 0 Å². The monoisotopic (exact) mass is 336 g/mol. The molecule has 25 heavy (non-hydrogen) atoms. The van der Waals surface area contributed by atoms with Gasteiger partial charge in [-0.2, -0.15) is 0 Å². The number of unbranched alkanes of at least 4 members (excludes halogenated alkanes) is 6. The predicted molar refractivity (Wildman–Crippen MR) is 105 cm³/mol. The average molecular weight is 336 g/mol. The van der Waals surface area contributed by atoms with Gasteiger partial charge in [-0.3, -0.25) is 0 Å². The number of hydrogen-bond donors (Lipinski definition) is 0. The van der Waals surface area contributed by atoms with Crippen LogP contribution in [0.15, 0.2) is 47.1 Å². The van der Waals surface area contributed by atoms with Crippen LogP contribution in [0.1, 0.15) is 63.5 Å². The Balaban J connectivity index is 1.66. The third kappa shape index (κ3) is 4.85. The van der Waals surface area contributed by atoms with E-state index in [-0.39, 0.29) is 0 Å². The molecule has 0 atom stereocenters. The van der Waals surface area contributed by atoms with Crippen molar-refractivity contribution in [2.45, 2.75) is 58.4 Å². The van der Waals surface area contributed by atoms with E-state index in [2.05, 4.69) is 35.8 Å². The first-order chi connectivity index (χ1) is 12.4. The van der Waals surface area contributed by atoms with Crippen molar-refractivity contribution in [3.8, 4) is 0 Å². The van der Waals surface area contributed by atoms with Gasteiger partial charge in [0.15, 0.2) is 0 Å². The first-order valence-electron chi connectivity index (χ1n) is 9.55. The Kier molecular flexibility index (Phi) is 6.49. The number of aromatic nitrogens is 2. The van der Waals surface area contributed by atoms with Crippen LogP contribution in [0.4, 0.5) is 0 Å². The minimum atomic E-state index is 0.856. The molecule has 132 valence electrons. The smallest absolute Gasteiger partial charge is 0.133 e. The summed E-state index contributed by atoms with van der Waals surface area (Å²) < 4.78 is 7.72. The van der Waals surface area contributed by atoms with Crippen LogP contribution in [0.25, 0.3) is 23.2 Å². The zero-order chi connectivity index (χ0) is 17.3. The van der Waals surface area contributed by atoms with Gasteiger partial charge in [0.05, 0.1) is 17.3 Å². The maximum absolute atomic E-state index is 5.39. The summed E-state index contributed by atoms with van der Waals surface area (Å²) in [5.74, 6) is 1.86. The second-order valence-electron chi connectivity index (χ2n) is 6.58. The molecular weight excluding hydrogens is 308 g/mol. The van der Waals surface area contributed by atoms with Gasteiger partial charge >= 0.3 is 0 Å². The van der Waals surface area contributed by atoms with Gasteiger partial charge in [0.25, 0.3) is 0 Å². The average Bonchev–Trinajstić information content (AvgIpc) is 3.27. The van der Waals surface area contributed by atoms with E-state index in [0.717, 1.165) is 23.6 Å². The van der Waals surface area contributed by atoms with Crippen LogP contribution < -0.4 is 0 Å². The summed E-state index contributed by atoms with van der Waals surface area (Å²) >= 11 is 0. The summed E-state index contributed by atoms with van der Waals surface area (Å²) in [6.07, 6.45) is 15.0. The number of imidazole rings is 1. The quantitative estimate of drug-likeness (QED) is 0.393. The molecule has 0 aliphatic rings. The number of rotatable bonds is 10. The summed E-state index contributed by atoms with van der Waals surface area (Å²) in [4.78, 5) is 4.79. The third-order valence-electron chi connectivity index (χ3n) is 4.61. The van der Waals surface area contributed by atoms with Gasteiger partial charge in [0.1, 0.15) is 11.6 Å². The Morgan fingerprint density at radius 1 is 0.920 bits per heavy atom. The number of nitrogens with zero attached hydrogens (tertiary/aromatic N) is 2. The minimum absolute atomic E-state index is 0.856. The molecule has 3 rings (SSSR count). The third-order valence-corrected chi connectivity index (χ3v) is 4.61. The van der Waals surface area contributed by atoms with Gasteiger partial charge in [0, 0.05) is 6.54 Å². The number of benzene rings is 1. The van der Waals surface area contributed by atoms with Crippen LogP contribution in [0, 0.1) is 0 Å². The second-order valence-corrected chi connectivity index (χ2v) is 6.58. The highest BCUT2D eigenvalue weighted by atomic mass is 16.3. The molecule has 2 heterocycles. The summed E-state index contributed by atoms with van der Waals surface area (Å²) in [6.45, 7) is 3.29. The Hall–Kier alpha value is -2.29. The molecule has 0 amide bonds. The van der Waals surface area contributed by atoms with Crippen molar-refractivity contribution in [3.05, 3.63) is 54.2 Å². The van der Waals surface area contributed by atoms with E-state index in [4.69, 9.17) is 9.40 Å². The van der Waals surface area contributed by atoms with Crippen molar-refractivity contribution in [1.82, 2.24) is 9.55 Å². The molecule has 3 aromatic rings. The maximum Gasteiger partial charge on any atom is 0.133 e. The van der Waals surface area contributed by atoms with Crippen molar-refractivity contribution < 1.29 is 4.42 Å². The molecule has 3 heteroatoms. The molecule has 0 saturated heterocycles. The fraction of sp³-hybridized carbons (Fsp3) is 0.409. The van der Waals surface area contributed by atoms with E-state index in [9.17, 15) is 0 Å². The van der Waals surface area contributed by atoms with E-state index in [1.54, 1.807) is 6.26 Å².